The molecule has 4 aliphatic carbocycles. The third-order valence-electron chi connectivity index (χ3n) is 6.11. The Morgan fingerprint density at radius 3 is 2.29 bits per heavy atom. The van der Waals surface area contributed by atoms with Crippen molar-refractivity contribution in [2.45, 2.75) is 43.9 Å². The molecule has 4 fully saturated rings. The molecule has 4 aliphatic rings. The monoisotopic (exact) mass is 279 g/mol. The molecular weight excluding hydrogens is 258 g/mol. The molecule has 4 saturated carbocycles. The van der Waals surface area contributed by atoms with Crippen LogP contribution in [0.25, 0.3) is 11.4 Å². The van der Waals surface area contributed by atoms with E-state index in [2.05, 4.69) is 21.2 Å². The highest BCUT2D eigenvalue weighted by molar-refractivity contribution is 5.54. The van der Waals surface area contributed by atoms with Crippen molar-refractivity contribution in [1.29, 1.82) is 0 Å². The smallest absolute Gasteiger partial charge is 0.111 e. The van der Waals surface area contributed by atoms with Gasteiger partial charge >= 0.3 is 0 Å². The maximum atomic E-state index is 4.56. The van der Waals surface area contributed by atoms with Crippen LogP contribution < -0.4 is 0 Å². The Bertz CT molecular complexity index is 623. The third kappa shape index (κ3) is 1.79. The van der Waals surface area contributed by atoms with Gasteiger partial charge in [0, 0.05) is 17.3 Å². The summed E-state index contributed by atoms with van der Waals surface area (Å²) in [6.45, 7) is 0. The van der Waals surface area contributed by atoms with E-state index >= 15 is 0 Å². The Morgan fingerprint density at radius 2 is 1.67 bits per heavy atom. The molecule has 6 rings (SSSR count). The summed E-state index contributed by atoms with van der Waals surface area (Å²) in [5.74, 6) is 2.91. The molecule has 0 aliphatic heterocycles. The number of H-pyrrole nitrogens is 1. The van der Waals surface area contributed by atoms with Gasteiger partial charge in [-0.2, -0.15) is 5.10 Å². The van der Waals surface area contributed by atoms with Crippen LogP contribution in [0.5, 0.6) is 0 Å². The van der Waals surface area contributed by atoms with Crippen molar-refractivity contribution in [2.75, 3.05) is 0 Å². The van der Waals surface area contributed by atoms with Gasteiger partial charge in [0.15, 0.2) is 0 Å². The van der Waals surface area contributed by atoms with Crippen molar-refractivity contribution in [3.05, 3.63) is 36.2 Å². The number of hydrogen-bond donors (Lipinski definition) is 1. The van der Waals surface area contributed by atoms with Crippen LogP contribution in [0.2, 0.25) is 0 Å². The third-order valence-corrected chi connectivity index (χ3v) is 6.11. The topological polar surface area (TPSA) is 41.6 Å². The van der Waals surface area contributed by atoms with Gasteiger partial charge in [0.05, 0.1) is 5.69 Å². The largest absolute Gasteiger partial charge is 0.281 e. The Balaban J connectivity index is 1.52. The number of aromatic nitrogens is 3. The molecule has 2 aromatic rings. The lowest BCUT2D eigenvalue weighted by molar-refractivity contribution is -0.00721. The molecular formula is C18H21N3. The van der Waals surface area contributed by atoms with E-state index in [0.29, 0.717) is 5.41 Å². The van der Waals surface area contributed by atoms with E-state index in [1.54, 1.807) is 0 Å². The first-order valence-electron chi connectivity index (χ1n) is 8.28. The van der Waals surface area contributed by atoms with Crippen molar-refractivity contribution in [1.82, 2.24) is 15.2 Å². The minimum atomic E-state index is 0.398. The fourth-order valence-corrected chi connectivity index (χ4v) is 5.68. The zero-order valence-corrected chi connectivity index (χ0v) is 12.3. The molecule has 108 valence electrons. The van der Waals surface area contributed by atoms with E-state index in [1.165, 1.54) is 44.2 Å². The van der Waals surface area contributed by atoms with Gasteiger partial charge in [-0.1, -0.05) is 6.07 Å². The van der Waals surface area contributed by atoms with Crippen LogP contribution in [0.4, 0.5) is 0 Å². The van der Waals surface area contributed by atoms with E-state index in [0.717, 1.165) is 29.1 Å². The molecule has 0 radical (unpaired) electrons. The van der Waals surface area contributed by atoms with Crippen LogP contribution >= 0.6 is 0 Å². The van der Waals surface area contributed by atoms with Gasteiger partial charge in [-0.05, 0) is 74.5 Å². The fourth-order valence-electron chi connectivity index (χ4n) is 5.68. The predicted molar refractivity (Wildman–Crippen MR) is 81.7 cm³/mol. The molecule has 0 aromatic carbocycles. The van der Waals surface area contributed by atoms with Crippen molar-refractivity contribution in [3.63, 3.8) is 0 Å². The molecule has 0 atom stereocenters. The van der Waals surface area contributed by atoms with Gasteiger partial charge in [-0.3, -0.25) is 10.1 Å². The summed E-state index contributed by atoms with van der Waals surface area (Å²) < 4.78 is 0. The van der Waals surface area contributed by atoms with E-state index < -0.39 is 0 Å². The molecule has 0 saturated heterocycles. The molecule has 0 spiro atoms. The van der Waals surface area contributed by atoms with Crippen LogP contribution in [0.3, 0.4) is 0 Å². The standard InChI is InChI=1S/C18H21N3/c1-2-4-19-15(3-1)16-8-17(21-20-16)18-9-12-5-13(10-18)7-14(6-12)11-18/h1-4,8,12-14H,5-7,9-11H2,(H,20,21). The summed E-state index contributed by atoms with van der Waals surface area (Å²) in [7, 11) is 0. The molecule has 0 amide bonds. The summed E-state index contributed by atoms with van der Waals surface area (Å²) >= 11 is 0. The first kappa shape index (κ1) is 12.0. The lowest BCUT2D eigenvalue weighted by Crippen LogP contribution is -2.48. The summed E-state index contributed by atoms with van der Waals surface area (Å²) in [6, 6.07) is 8.30. The van der Waals surface area contributed by atoms with Crippen LogP contribution in [-0.2, 0) is 5.41 Å². The molecule has 0 unspecified atom stereocenters. The van der Waals surface area contributed by atoms with Gasteiger partial charge in [0.1, 0.15) is 5.69 Å². The average molecular weight is 279 g/mol. The SMILES string of the molecule is c1ccc(-c2cc(C34CC5CC(CC(C5)C3)C4)[nH]n2)nc1. The summed E-state index contributed by atoms with van der Waals surface area (Å²) in [4.78, 5) is 4.43. The summed E-state index contributed by atoms with van der Waals surface area (Å²) in [6.07, 6.45) is 10.4. The van der Waals surface area contributed by atoms with E-state index in [1.807, 2.05) is 24.4 Å². The molecule has 2 heterocycles. The number of nitrogens with one attached hydrogen (secondary N) is 1. The lowest BCUT2D eigenvalue weighted by atomic mass is 9.49. The fraction of sp³-hybridized carbons (Fsp3) is 0.556. The van der Waals surface area contributed by atoms with Gasteiger partial charge in [0.25, 0.3) is 0 Å². The predicted octanol–water partition coefficient (Wildman–Crippen LogP) is 3.94. The first-order chi connectivity index (χ1) is 10.3. The number of rotatable bonds is 2. The normalized spacial score (nSPS) is 37.0. The van der Waals surface area contributed by atoms with Gasteiger partial charge in [-0.25, -0.2) is 0 Å². The van der Waals surface area contributed by atoms with Gasteiger partial charge < -0.3 is 0 Å². The highest BCUT2D eigenvalue weighted by Crippen LogP contribution is 2.60. The Labute approximate surface area is 125 Å². The lowest BCUT2D eigenvalue weighted by Gasteiger charge is -2.56. The van der Waals surface area contributed by atoms with Crippen LogP contribution in [-0.4, -0.2) is 15.2 Å². The maximum absolute atomic E-state index is 4.56. The molecule has 21 heavy (non-hydrogen) atoms. The van der Waals surface area contributed by atoms with E-state index in [4.69, 9.17) is 0 Å². The molecule has 2 aromatic heterocycles. The quantitative estimate of drug-likeness (QED) is 0.904. The molecule has 4 bridgehead atoms. The van der Waals surface area contributed by atoms with Gasteiger partial charge in [0.2, 0.25) is 0 Å². The van der Waals surface area contributed by atoms with E-state index in [9.17, 15) is 0 Å². The number of nitrogens with zero attached hydrogens (tertiary/aromatic N) is 2. The maximum Gasteiger partial charge on any atom is 0.111 e. The first-order valence-corrected chi connectivity index (χ1v) is 8.28. The summed E-state index contributed by atoms with van der Waals surface area (Å²) in [5, 5.41) is 7.93. The summed E-state index contributed by atoms with van der Waals surface area (Å²) in [5.41, 5.74) is 3.75. The zero-order chi connectivity index (χ0) is 13.9. The molecule has 3 nitrogen and oxygen atoms in total. The number of hydrogen-bond acceptors (Lipinski definition) is 2. The molecule has 1 N–H and O–H groups in total. The van der Waals surface area contributed by atoms with E-state index in [-0.39, 0.29) is 0 Å². The van der Waals surface area contributed by atoms with Crippen molar-refractivity contribution in [3.8, 4) is 11.4 Å². The Morgan fingerprint density at radius 1 is 0.952 bits per heavy atom. The minimum Gasteiger partial charge on any atom is -0.281 e. The molecule has 3 heteroatoms. The highest BCUT2D eigenvalue weighted by Gasteiger charge is 2.52. The Hall–Kier alpha value is -1.64. The zero-order valence-electron chi connectivity index (χ0n) is 12.3. The van der Waals surface area contributed by atoms with Crippen molar-refractivity contribution < 1.29 is 0 Å². The van der Waals surface area contributed by atoms with Crippen LogP contribution in [0.15, 0.2) is 30.5 Å². The highest BCUT2D eigenvalue weighted by atomic mass is 15.1. The Kier molecular flexibility index (Phi) is 2.38. The van der Waals surface area contributed by atoms with Crippen molar-refractivity contribution in [2.24, 2.45) is 17.8 Å². The van der Waals surface area contributed by atoms with Gasteiger partial charge in [-0.15, -0.1) is 0 Å². The van der Waals surface area contributed by atoms with Crippen LogP contribution in [0, 0.1) is 17.8 Å². The van der Waals surface area contributed by atoms with Crippen LogP contribution in [0.1, 0.15) is 44.2 Å². The number of pyridine rings is 1. The average Bonchev–Trinajstić information content (AvgIpc) is 2.97. The second-order valence-electron chi connectivity index (χ2n) is 7.58. The minimum absolute atomic E-state index is 0.398. The number of aromatic amines is 1. The second kappa shape index (κ2) is 4.19. The second-order valence-corrected chi connectivity index (χ2v) is 7.58. The van der Waals surface area contributed by atoms with Crippen molar-refractivity contribution >= 4 is 0 Å².